The fraction of sp³-hybridized carbons (Fsp3) is 0.318. The summed E-state index contributed by atoms with van der Waals surface area (Å²) in [5.74, 6) is 0.564. The van der Waals surface area contributed by atoms with E-state index in [1.54, 1.807) is 25.5 Å². The molecule has 1 saturated heterocycles. The third-order valence-corrected chi connectivity index (χ3v) is 6.23. The largest absolute Gasteiger partial charge is 0.343 e. The molecule has 1 aliphatic heterocycles. The molecule has 0 unspecified atom stereocenters. The molecule has 4 aromatic heterocycles. The molecule has 9 nitrogen and oxygen atoms in total. The van der Waals surface area contributed by atoms with Crippen molar-refractivity contribution in [2.24, 2.45) is 0 Å². The highest BCUT2D eigenvalue weighted by Gasteiger charge is 2.24. The Balaban J connectivity index is 1.39. The molecule has 1 N–H and O–H groups in total. The minimum atomic E-state index is 0.129. The van der Waals surface area contributed by atoms with Crippen molar-refractivity contribution in [3.05, 3.63) is 53.7 Å². The van der Waals surface area contributed by atoms with Crippen LogP contribution in [0, 0.1) is 6.92 Å². The first kappa shape index (κ1) is 20.4. The molecule has 0 bridgehead atoms. The van der Waals surface area contributed by atoms with Gasteiger partial charge in [0.15, 0.2) is 0 Å². The number of amides is 1. The summed E-state index contributed by atoms with van der Waals surface area (Å²) in [6, 6.07) is 6.06. The van der Waals surface area contributed by atoms with Crippen molar-refractivity contribution in [1.82, 2.24) is 34.0 Å². The standard InChI is InChI=1S/C22H23ClN8O/c1-14-18(12-26-31(14)16-6-9-29(10-7-16)15(2)32)27-22-25-11-17(23)21(28-22)19-13-24-20-5-3-4-8-30(19)20/h3-5,8,11-13,16H,6-7,9-10H2,1-2H3,(H,25,27,28). The Hall–Kier alpha value is -3.46. The second-order valence-corrected chi connectivity index (χ2v) is 8.32. The van der Waals surface area contributed by atoms with E-state index < -0.39 is 0 Å². The number of carbonyl (C=O) groups excluding carboxylic acids is 1. The summed E-state index contributed by atoms with van der Waals surface area (Å²) in [6.45, 7) is 5.15. The monoisotopic (exact) mass is 450 g/mol. The normalized spacial score (nSPS) is 14.8. The Morgan fingerprint density at radius 1 is 1.16 bits per heavy atom. The number of hydrogen-bond acceptors (Lipinski definition) is 6. The van der Waals surface area contributed by atoms with Crippen molar-refractivity contribution in [2.75, 3.05) is 18.4 Å². The Kier molecular flexibility index (Phi) is 5.26. The van der Waals surface area contributed by atoms with E-state index in [0.717, 1.165) is 48.7 Å². The molecule has 164 valence electrons. The van der Waals surface area contributed by atoms with Crippen LogP contribution in [-0.2, 0) is 4.79 Å². The van der Waals surface area contributed by atoms with Crippen LogP contribution in [-0.4, -0.2) is 53.0 Å². The first-order valence-corrected chi connectivity index (χ1v) is 10.9. The summed E-state index contributed by atoms with van der Waals surface area (Å²) in [7, 11) is 0. The van der Waals surface area contributed by atoms with Gasteiger partial charge in [0.05, 0.1) is 46.7 Å². The summed E-state index contributed by atoms with van der Waals surface area (Å²) in [5, 5.41) is 8.32. The molecular formula is C22H23ClN8O. The Labute approximate surface area is 190 Å². The van der Waals surface area contributed by atoms with Gasteiger partial charge < -0.3 is 10.2 Å². The highest BCUT2D eigenvalue weighted by atomic mass is 35.5. The molecule has 1 aliphatic rings. The first-order chi connectivity index (χ1) is 15.5. The van der Waals surface area contributed by atoms with E-state index in [9.17, 15) is 4.79 Å². The van der Waals surface area contributed by atoms with Gasteiger partial charge in [-0.15, -0.1) is 0 Å². The van der Waals surface area contributed by atoms with Gasteiger partial charge in [-0.25, -0.2) is 15.0 Å². The van der Waals surface area contributed by atoms with Gasteiger partial charge in [0.1, 0.15) is 11.3 Å². The molecular weight excluding hydrogens is 428 g/mol. The summed E-state index contributed by atoms with van der Waals surface area (Å²) < 4.78 is 3.97. The Bertz CT molecular complexity index is 1290. The molecule has 0 aromatic carbocycles. The number of nitrogens with zero attached hydrogens (tertiary/aromatic N) is 7. The number of likely N-dealkylation sites (tertiary alicyclic amines) is 1. The molecule has 1 fully saturated rings. The van der Waals surface area contributed by atoms with Gasteiger partial charge in [0.25, 0.3) is 0 Å². The average molecular weight is 451 g/mol. The molecule has 0 saturated carbocycles. The third kappa shape index (κ3) is 3.69. The van der Waals surface area contributed by atoms with E-state index in [-0.39, 0.29) is 11.9 Å². The highest BCUT2D eigenvalue weighted by Crippen LogP contribution is 2.30. The van der Waals surface area contributed by atoms with Crippen LogP contribution in [0.2, 0.25) is 5.02 Å². The lowest BCUT2D eigenvalue weighted by Gasteiger charge is -2.32. The van der Waals surface area contributed by atoms with Crippen LogP contribution < -0.4 is 5.32 Å². The molecule has 5 rings (SSSR count). The van der Waals surface area contributed by atoms with Gasteiger partial charge in [0, 0.05) is 26.2 Å². The first-order valence-electron chi connectivity index (χ1n) is 10.5. The molecule has 5 heterocycles. The van der Waals surface area contributed by atoms with Crippen LogP contribution in [0.25, 0.3) is 17.0 Å². The minimum Gasteiger partial charge on any atom is -0.343 e. The molecule has 0 atom stereocenters. The predicted octanol–water partition coefficient (Wildman–Crippen LogP) is 3.88. The van der Waals surface area contributed by atoms with Crippen molar-refractivity contribution in [1.29, 1.82) is 0 Å². The van der Waals surface area contributed by atoms with E-state index in [4.69, 9.17) is 11.6 Å². The van der Waals surface area contributed by atoms with Crippen LogP contribution in [0.5, 0.6) is 0 Å². The number of piperidine rings is 1. The van der Waals surface area contributed by atoms with Crippen LogP contribution in [0.1, 0.15) is 31.5 Å². The lowest BCUT2D eigenvalue weighted by Crippen LogP contribution is -2.38. The maximum Gasteiger partial charge on any atom is 0.227 e. The maximum absolute atomic E-state index is 11.6. The number of rotatable bonds is 4. The van der Waals surface area contributed by atoms with Crippen molar-refractivity contribution in [3.8, 4) is 11.4 Å². The fourth-order valence-corrected chi connectivity index (χ4v) is 4.36. The number of hydrogen-bond donors (Lipinski definition) is 1. The predicted molar refractivity (Wildman–Crippen MR) is 122 cm³/mol. The highest BCUT2D eigenvalue weighted by molar-refractivity contribution is 6.32. The zero-order chi connectivity index (χ0) is 22.2. The molecule has 32 heavy (non-hydrogen) atoms. The van der Waals surface area contributed by atoms with Crippen LogP contribution in [0.3, 0.4) is 0 Å². The maximum atomic E-state index is 11.6. The zero-order valence-corrected chi connectivity index (χ0v) is 18.6. The lowest BCUT2D eigenvalue weighted by atomic mass is 10.1. The van der Waals surface area contributed by atoms with Crippen LogP contribution >= 0.6 is 11.6 Å². The van der Waals surface area contributed by atoms with Crippen LogP contribution in [0.15, 0.2) is 43.0 Å². The van der Waals surface area contributed by atoms with Gasteiger partial charge in [-0.2, -0.15) is 5.10 Å². The average Bonchev–Trinajstić information content (AvgIpc) is 3.39. The van der Waals surface area contributed by atoms with Gasteiger partial charge in [-0.1, -0.05) is 17.7 Å². The number of pyridine rings is 1. The SMILES string of the molecule is CC(=O)N1CCC(n2ncc(Nc3ncc(Cl)c(-c4cnc5ccccn45)n3)c2C)CC1. The van der Waals surface area contributed by atoms with E-state index in [2.05, 4.69) is 25.4 Å². The van der Waals surface area contributed by atoms with E-state index in [0.29, 0.717) is 16.7 Å². The molecule has 1 amide bonds. The zero-order valence-electron chi connectivity index (χ0n) is 17.9. The second-order valence-electron chi connectivity index (χ2n) is 7.91. The van der Waals surface area contributed by atoms with Crippen molar-refractivity contribution < 1.29 is 4.79 Å². The number of fused-ring (bicyclic) bond motifs is 1. The Morgan fingerprint density at radius 2 is 1.97 bits per heavy atom. The van der Waals surface area contributed by atoms with E-state index in [1.807, 2.05) is 45.3 Å². The topological polar surface area (TPSA) is 93.2 Å². The smallest absolute Gasteiger partial charge is 0.227 e. The molecule has 0 radical (unpaired) electrons. The molecule has 4 aromatic rings. The summed E-state index contributed by atoms with van der Waals surface area (Å²) in [4.78, 5) is 26.9. The van der Waals surface area contributed by atoms with Crippen LogP contribution in [0.4, 0.5) is 11.6 Å². The van der Waals surface area contributed by atoms with E-state index in [1.165, 1.54) is 0 Å². The summed E-state index contributed by atoms with van der Waals surface area (Å²) >= 11 is 6.42. The number of aromatic nitrogens is 6. The number of halogens is 1. The number of carbonyl (C=O) groups is 1. The van der Waals surface area contributed by atoms with Gasteiger partial charge >= 0.3 is 0 Å². The summed E-state index contributed by atoms with van der Waals surface area (Å²) in [6.07, 6.45) is 8.83. The lowest BCUT2D eigenvalue weighted by molar-refractivity contribution is -0.130. The second kappa shape index (κ2) is 8.23. The quantitative estimate of drug-likeness (QED) is 0.507. The number of imidazole rings is 1. The van der Waals surface area contributed by atoms with Crippen molar-refractivity contribution in [3.63, 3.8) is 0 Å². The van der Waals surface area contributed by atoms with E-state index >= 15 is 0 Å². The number of anilines is 2. The fourth-order valence-electron chi connectivity index (χ4n) is 4.17. The third-order valence-electron chi connectivity index (χ3n) is 5.95. The molecule has 0 aliphatic carbocycles. The van der Waals surface area contributed by atoms with Gasteiger partial charge in [-0.3, -0.25) is 13.9 Å². The Morgan fingerprint density at radius 3 is 2.75 bits per heavy atom. The van der Waals surface area contributed by atoms with Gasteiger partial charge in [0.2, 0.25) is 11.9 Å². The molecule has 10 heteroatoms. The van der Waals surface area contributed by atoms with Crippen molar-refractivity contribution in [2.45, 2.75) is 32.7 Å². The molecule has 0 spiro atoms. The minimum absolute atomic E-state index is 0.129. The van der Waals surface area contributed by atoms with Crippen molar-refractivity contribution >= 4 is 34.8 Å². The van der Waals surface area contributed by atoms with Gasteiger partial charge in [-0.05, 0) is 31.9 Å². The number of nitrogens with one attached hydrogen (secondary N) is 1. The summed E-state index contributed by atoms with van der Waals surface area (Å²) in [5.41, 5.74) is 4.05.